The summed E-state index contributed by atoms with van der Waals surface area (Å²) in [5.41, 5.74) is 0. The van der Waals surface area contributed by atoms with E-state index < -0.39 is 0 Å². The van der Waals surface area contributed by atoms with Crippen LogP contribution in [-0.2, 0) is 4.74 Å². The number of allylic oxidation sites excluding steroid dienone is 2. The summed E-state index contributed by atoms with van der Waals surface area (Å²) >= 11 is 0. The Labute approximate surface area is 119 Å². The molecular weight excluding hydrogens is 232 g/mol. The second kappa shape index (κ2) is 7.77. The summed E-state index contributed by atoms with van der Waals surface area (Å²) < 4.78 is 5.87. The van der Waals surface area contributed by atoms with E-state index in [-0.39, 0.29) is 0 Å². The molecule has 2 saturated carbocycles. The smallest absolute Gasteiger partial charge is 0.0967 e. The Balaban J connectivity index is 1.64. The molecule has 0 unspecified atom stereocenters. The van der Waals surface area contributed by atoms with Crippen LogP contribution in [0.3, 0.4) is 0 Å². The third-order valence-electron chi connectivity index (χ3n) is 4.77. The molecule has 0 aliphatic heterocycles. The predicted molar refractivity (Wildman–Crippen MR) is 81.7 cm³/mol. The van der Waals surface area contributed by atoms with Crippen molar-refractivity contribution in [3.63, 3.8) is 0 Å². The molecule has 0 bridgehead atoms. The zero-order chi connectivity index (χ0) is 13.5. The first kappa shape index (κ1) is 14.7. The summed E-state index contributed by atoms with van der Waals surface area (Å²) in [4.78, 5) is 0. The minimum Gasteiger partial charge on any atom is -0.467 e. The van der Waals surface area contributed by atoms with Crippen LogP contribution in [0.1, 0.15) is 77.0 Å². The summed E-state index contributed by atoms with van der Waals surface area (Å²) in [7, 11) is 0. The van der Waals surface area contributed by atoms with Gasteiger partial charge in [0.1, 0.15) is 0 Å². The molecule has 1 heteroatoms. The van der Waals surface area contributed by atoms with Crippen molar-refractivity contribution in [2.45, 2.75) is 77.0 Å². The fourth-order valence-corrected chi connectivity index (χ4v) is 3.71. The molecule has 0 spiro atoms. The molecule has 2 fully saturated rings. The fraction of sp³-hybridized carbons (Fsp3) is 0.778. The molecule has 1 nitrogen and oxygen atoms in total. The summed E-state index contributed by atoms with van der Waals surface area (Å²) in [5, 5.41) is 0. The third-order valence-corrected chi connectivity index (χ3v) is 4.77. The maximum atomic E-state index is 5.87. The summed E-state index contributed by atoms with van der Waals surface area (Å²) in [5.74, 6) is 3.52. The highest BCUT2D eigenvalue weighted by Crippen LogP contribution is 2.32. The molecule has 0 aromatic rings. The van der Waals surface area contributed by atoms with Crippen LogP contribution in [0.5, 0.6) is 0 Å². The van der Waals surface area contributed by atoms with Crippen LogP contribution in [-0.4, -0.2) is 0 Å². The van der Waals surface area contributed by atoms with Crippen molar-refractivity contribution >= 4 is 0 Å². The lowest BCUT2D eigenvalue weighted by molar-refractivity contribution is 0.223. The Morgan fingerprint density at radius 2 is 1.05 bits per heavy atom. The van der Waals surface area contributed by atoms with Crippen molar-refractivity contribution in [3.05, 3.63) is 24.7 Å². The van der Waals surface area contributed by atoms with Crippen LogP contribution in [0, 0.1) is 11.8 Å². The van der Waals surface area contributed by atoms with Crippen molar-refractivity contribution in [1.29, 1.82) is 0 Å². The minimum absolute atomic E-state index is 0.809. The van der Waals surface area contributed by atoms with Crippen molar-refractivity contribution in [1.82, 2.24) is 0 Å². The normalized spacial score (nSPS) is 22.1. The highest BCUT2D eigenvalue weighted by Gasteiger charge is 2.18. The standard InChI is InChI=1S/C18H30O/c1-15(13-17-9-5-3-6-10-17)19-16(2)14-18-11-7-4-8-12-18/h17-18H,1-14H2. The molecule has 0 atom stereocenters. The molecule has 2 aliphatic rings. The van der Waals surface area contributed by atoms with E-state index in [1.165, 1.54) is 64.2 Å². The lowest BCUT2D eigenvalue weighted by atomic mass is 9.86. The summed E-state index contributed by atoms with van der Waals surface area (Å²) in [6.07, 6.45) is 15.9. The molecule has 0 heterocycles. The number of ether oxygens (including phenoxy) is 1. The van der Waals surface area contributed by atoms with Gasteiger partial charge in [-0.05, 0) is 11.8 Å². The fourth-order valence-electron chi connectivity index (χ4n) is 3.71. The molecule has 0 radical (unpaired) electrons. The van der Waals surface area contributed by atoms with Crippen LogP contribution in [0.15, 0.2) is 24.7 Å². The van der Waals surface area contributed by atoms with E-state index in [4.69, 9.17) is 4.74 Å². The Hall–Kier alpha value is -0.720. The average Bonchev–Trinajstić information content (AvgIpc) is 2.40. The van der Waals surface area contributed by atoms with Gasteiger partial charge in [0.05, 0.1) is 11.5 Å². The predicted octanol–water partition coefficient (Wildman–Crippen LogP) is 5.97. The Bertz CT molecular complexity index is 263. The molecular formula is C18H30O. The van der Waals surface area contributed by atoms with Crippen LogP contribution in [0.4, 0.5) is 0 Å². The zero-order valence-corrected chi connectivity index (χ0v) is 12.5. The Kier molecular flexibility index (Phi) is 6.00. The van der Waals surface area contributed by atoms with Crippen LogP contribution in [0.25, 0.3) is 0 Å². The van der Waals surface area contributed by atoms with Crippen molar-refractivity contribution < 1.29 is 4.74 Å². The van der Waals surface area contributed by atoms with Crippen LogP contribution < -0.4 is 0 Å². The first-order valence-corrected chi connectivity index (χ1v) is 8.27. The van der Waals surface area contributed by atoms with Gasteiger partial charge in [0, 0.05) is 12.8 Å². The van der Waals surface area contributed by atoms with Gasteiger partial charge >= 0.3 is 0 Å². The van der Waals surface area contributed by atoms with Crippen LogP contribution in [0.2, 0.25) is 0 Å². The molecule has 0 amide bonds. The topological polar surface area (TPSA) is 9.23 Å². The molecule has 19 heavy (non-hydrogen) atoms. The monoisotopic (exact) mass is 262 g/mol. The molecule has 0 aromatic heterocycles. The first-order chi connectivity index (χ1) is 9.24. The number of hydrogen-bond donors (Lipinski definition) is 0. The molecule has 0 N–H and O–H groups in total. The molecule has 0 saturated heterocycles. The maximum absolute atomic E-state index is 5.87. The highest BCUT2D eigenvalue weighted by molar-refractivity contribution is 4.96. The number of hydrogen-bond acceptors (Lipinski definition) is 1. The molecule has 2 rings (SSSR count). The SMILES string of the molecule is C=C(CC1CCCCC1)OC(=C)CC1CCCCC1. The van der Waals surface area contributed by atoms with E-state index in [0.29, 0.717) is 0 Å². The van der Waals surface area contributed by atoms with Gasteiger partial charge in [-0.25, -0.2) is 0 Å². The van der Waals surface area contributed by atoms with Crippen molar-refractivity contribution in [2.24, 2.45) is 11.8 Å². The van der Waals surface area contributed by atoms with E-state index in [1.54, 1.807) is 0 Å². The highest BCUT2D eigenvalue weighted by atomic mass is 16.5. The van der Waals surface area contributed by atoms with Crippen LogP contribution >= 0.6 is 0 Å². The van der Waals surface area contributed by atoms with E-state index in [1.807, 2.05) is 0 Å². The van der Waals surface area contributed by atoms with Gasteiger partial charge in [0.15, 0.2) is 0 Å². The maximum Gasteiger partial charge on any atom is 0.0967 e. The van der Waals surface area contributed by atoms with Gasteiger partial charge in [-0.15, -0.1) is 0 Å². The first-order valence-electron chi connectivity index (χ1n) is 8.27. The average molecular weight is 262 g/mol. The van der Waals surface area contributed by atoms with Gasteiger partial charge in [0.25, 0.3) is 0 Å². The van der Waals surface area contributed by atoms with Crippen molar-refractivity contribution in [2.75, 3.05) is 0 Å². The number of rotatable bonds is 6. The largest absolute Gasteiger partial charge is 0.467 e. The van der Waals surface area contributed by atoms with Gasteiger partial charge in [0.2, 0.25) is 0 Å². The summed E-state index contributed by atoms with van der Waals surface area (Å²) in [6.45, 7) is 8.20. The third kappa shape index (κ3) is 5.42. The molecule has 2 aliphatic carbocycles. The quantitative estimate of drug-likeness (QED) is 0.536. The lowest BCUT2D eigenvalue weighted by Gasteiger charge is -2.25. The Morgan fingerprint density at radius 1 is 0.684 bits per heavy atom. The van der Waals surface area contributed by atoms with Crippen molar-refractivity contribution in [3.8, 4) is 0 Å². The molecule has 0 aromatic carbocycles. The van der Waals surface area contributed by atoms with E-state index in [0.717, 1.165) is 36.2 Å². The van der Waals surface area contributed by atoms with Gasteiger partial charge in [-0.3, -0.25) is 0 Å². The summed E-state index contributed by atoms with van der Waals surface area (Å²) in [6, 6.07) is 0. The Morgan fingerprint density at radius 3 is 1.42 bits per heavy atom. The van der Waals surface area contributed by atoms with E-state index in [2.05, 4.69) is 13.2 Å². The zero-order valence-electron chi connectivity index (χ0n) is 12.5. The molecule has 108 valence electrons. The van der Waals surface area contributed by atoms with E-state index in [9.17, 15) is 0 Å². The minimum atomic E-state index is 0.809. The van der Waals surface area contributed by atoms with Gasteiger partial charge in [-0.1, -0.05) is 77.4 Å². The van der Waals surface area contributed by atoms with E-state index >= 15 is 0 Å². The second-order valence-electron chi connectivity index (χ2n) is 6.60. The lowest BCUT2D eigenvalue weighted by Crippen LogP contribution is -2.10. The second-order valence-corrected chi connectivity index (χ2v) is 6.60. The van der Waals surface area contributed by atoms with Gasteiger partial charge < -0.3 is 4.74 Å². The van der Waals surface area contributed by atoms with Gasteiger partial charge in [-0.2, -0.15) is 0 Å².